The summed E-state index contributed by atoms with van der Waals surface area (Å²) in [5, 5.41) is 2.45. The lowest BCUT2D eigenvalue weighted by atomic mass is 9.87. The zero-order valence-electron chi connectivity index (χ0n) is 27.9. The van der Waals surface area contributed by atoms with Gasteiger partial charge in [-0.05, 0) is 60.2 Å². The number of nitrogens with one attached hydrogen (secondary N) is 1. The van der Waals surface area contributed by atoms with Crippen molar-refractivity contribution >= 4 is 35.9 Å². The lowest BCUT2D eigenvalue weighted by Crippen LogP contribution is -2.27. The molecule has 4 rings (SSSR count). The quantitative estimate of drug-likeness (QED) is 0.0917. The topological polar surface area (TPSA) is 119 Å². The highest BCUT2D eigenvalue weighted by atomic mass is 16.5. The van der Waals surface area contributed by atoms with Crippen molar-refractivity contribution in [2.75, 3.05) is 32.2 Å². The Labute approximate surface area is 280 Å². The van der Waals surface area contributed by atoms with Crippen LogP contribution >= 0.6 is 0 Å². The monoisotopic (exact) mass is 648 g/mol. The molecule has 2 amide bonds. The molecule has 0 unspecified atom stereocenters. The summed E-state index contributed by atoms with van der Waals surface area (Å²) in [6.45, 7) is 7.53. The largest absolute Gasteiger partial charge is 0.494 e. The average Bonchev–Trinajstić information content (AvgIpc) is 3.11. The fourth-order valence-corrected chi connectivity index (χ4v) is 5.00. The van der Waals surface area contributed by atoms with Gasteiger partial charge in [0.1, 0.15) is 11.5 Å². The van der Waals surface area contributed by atoms with Crippen LogP contribution in [0.3, 0.4) is 0 Å². The fourth-order valence-electron chi connectivity index (χ4n) is 5.00. The number of unbranched alkanes of at least 4 members (excludes halogenated alkanes) is 1. The molecule has 9 nitrogen and oxygen atoms in total. The Morgan fingerprint density at radius 2 is 1.27 bits per heavy atom. The maximum Gasteiger partial charge on any atom is 0.258 e. The van der Waals surface area contributed by atoms with Gasteiger partial charge in [0, 0.05) is 48.1 Å². The van der Waals surface area contributed by atoms with E-state index < -0.39 is 17.6 Å². The minimum Gasteiger partial charge on any atom is -0.494 e. The maximum absolute atomic E-state index is 13.6. The number of carbonyl (C=O) groups is 5. The molecule has 0 heterocycles. The van der Waals surface area contributed by atoms with Gasteiger partial charge in [0.25, 0.3) is 11.8 Å². The van der Waals surface area contributed by atoms with Crippen LogP contribution in [0.1, 0.15) is 96.5 Å². The second-order valence-electron chi connectivity index (χ2n) is 12.3. The number of amides is 2. The van der Waals surface area contributed by atoms with E-state index in [4.69, 9.17) is 9.47 Å². The van der Waals surface area contributed by atoms with Gasteiger partial charge in [0.15, 0.2) is 18.4 Å². The van der Waals surface area contributed by atoms with Gasteiger partial charge in [-0.1, -0.05) is 63.2 Å². The van der Waals surface area contributed by atoms with E-state index in [2.05, 4.69) is 38.2 Å². The molecular weight excluding hydrogens is 608 g/mol. The van der Waals surface area contributed by atoms with Crippen molar-refractivity contribution in [3.8, 4) is 11.5 Å². The third kappa shape index (κ3) is 8.61. The average molecular weight is 649 g/mol. The Hall–Kier alpha value is -5.57. The zero-order valence-corrected chi connectivity index (χ0v) is 27.9. The summed E-state index contributed by atoms with van der Waals surface area (Å²) in [5.41, 5.74) is 2.43. The SMILES string of the molecule is CNC(=O)c1cc(C(=O)c2ccc(C=O)c(C(=O)N(C)c3cccc(OCCCCOc4cccc(C(C)(C)C)c4)c3)c2)ccc1C=O. The molecule has 248 valence electrons. The molecule has 0 aromatic heterocycles. The van der Waals surface area contributed by atoms with Crippen molar-refractivity contribution in [3.05, 3.63) is 124 Å². The Balaban J connectivity index is 1.40. The summed E-state index contributed by atoms with van der Waals surface area (Å²) >= 11 is 0. The van der Waals surface area contributed by atoms with Gasteiger partial charge in [0.05, 0.1) is 24.3 Å². The highest BCUT2D eigenvalue weighted by molar-refractivity contribution is 6.15. The molecule has 0 atom stereocenters. The lowest BCUT2D eigenvalue weighted by molar-refractivity contribution is 0.0956. The molecule has 1 N–H and O–H groups in total. The third-order valence-electron chi connectivity index (χ3n) is 7.87. The number of carbonyl (C=O) groups excluding carboxylic acids is 5. The summed E-state index contributed by atoms with van der Waals surface area (Å²) < 4.78 is 11.9. The van der Waals surface area contributed by atoms with E-state index in [0.717, 1.165) is 18.6 Å². The normalized spacial score (nSPS) is 10.9. The number of aldehydes is 2. The molecule has 4 aromatic rings. The molecule has 0 radical (unpaired) electrons. The summed E-state index contributed by atoms with van der Waals surface area (Å²) in [6, 6.07) is 23.6. The summed E-state index contributed by atoms with van der Waals surface area (Å²) in [6.07, 6.45) is 2.66. The zero-order chi connectivity index (χ0) is 34.8. The predicted octanol–water partition coefficient (Wildman–Crippen LogP) is 6.71. The van der Waals surface area contributed by atoms with Gasteiger partial charge >= 0.3 is 0 Å². The van der Waals surface area contributed by atoms with Crippen molar-refractivity contribution in [2.24, 2.45) is 0 Å². The van der Waals surface area contributed by atoms with Crippen LogP contribution in [-0.2, 0) is 5.41 Å². The lowest BCUT2D eigenvalue weighted by Gasteiger charge is -2.20. The number of hydrogen-bond acceptors (Lipinski definition) is 7. The van der Waals surface area contributed by atoms with Crippen LogP contribution in [-0.4, -0.2) is 57.5 Å². The van der Waals surface area contributed by atoms with Crippen LogP contribution < -0.4 is 19.7 Å². The highest BCUT2D eigenvalue weighted by Gasteiger charge is 2.22. The standard InChI is InChI=1S/C39H40N2O7/c1-39(2,3)30-10-8-12-32(22-30)47-18-6-7-19-48-33-13-9-11-31(23-33)41(5)38(46)35-21-27(15-17-29(35)25-43)36(44)26-14-16-28(24-42)34(20-26)37(45)40-4/h8-17,20-25H,6-7,18-19H2,1-5H3,(H,40,45). The molecule has 0 saturated heterocycles. The van der Waals surface area contributed by atoms with E-state index in [1.54, 1.807) is 31.3 Å². The minimum atomic E-state index is -0.515. The molecule has 9 heteroatoms. The molecule has 0 aliphatic heterocycles. The van der Waals surface area contributed by atoms with Gasteiger partial charge in [-0.15, -0.1) is 0 Å². The number of ketones is 1. The molecular formula is C39H40N2O7. The molecule has 4 aromatic carbocycles. The first-order valence-electron chi connectivity index (χ1n) is 15.7. The van der Waals surface area contributed by atoms with Gasteiger partial charge in [0.2, 0.25) is 0 Å². The third-order valence-corrected chi connectivity index (χ3v) is 7.87. The smallest absolute Gasteiger partial charge is 0.258 e. The van der Waals surface area contributed by atoms with Crippen molar-refractivity contribution in [1.29, 1.82) is 0 Å². The Bertz CT molecular complexity index is 1820. The Morgan fingerprint density at radius 1 is 0.729 bits per heavy atom. The van der Waals surface area contributed by atoms with Crippen LogP contribution in [0.15, 0.2) is 84.9 Å². The number of hydrogen-bond donors (Lipinski definition) is 1. The van der Waals surface area contributed by atoms with Crippen molar-refractivity contribution in [2.45, 2.75) is 39.0 Å². The Morgan fingerprint density at radius 3 is 1.83 bits per heavy atom. The van der Waals surface area contributed by atoms with Gasteiger partial charge in [-0.3, -0.25) is 24.0 Å². The molecule has 0 saturated carbocycles. The van der Waals surface area contributed by atoms with E-state index in [1.807, 2.05) is 12.1 Å². The predicted molar refractivity (Wildman–Crippen MR) is 185 cm³/mol. The van der Waals surface area contributed by atoms with Crippen molar-refractivity contribution < 1.29 is 33.4 Å². The second kappa shape index (κ2) is 15.8. The number of nitrogens with zero attached hydrogens (tertiary/aromatic N) is 1. The summed E-state index contributed by atoms with van der Waals surface area (Å²) in [5.74, 6) is -0.0700. The molecule has 48 heavy (non-hydrogen) atoms. The summed E-state index contributed by atoms with van der Waals surface area (Å²) in [7, 11) is 3.00. The highest BCUT2D eigenvalue weighted by Crippen LogP contribution is 2.27. The molecule has 0 bridgehead atoms. The molecule has 0 aliphatic rings. The second-order valence-corrected chi connectivity index (χ2v) is 12.3. The van der Waals surface area contributed by atoms with E-state index in [-0.39, 0.29) is 38.8 Å². The number of rotatable bonds is 14. The maximum atomic E-state index is 13.6. The van der Waals surface area contributed by atoms with Crippen molar-refractivity contribution in [1.82, 2.24) is 5.32 Å². The van der Waals surface area contributed by atoms with Gasteiger partial charge in [-0.25, -0.2) is 0 Å². The van der Waals surface area contributed by atoms with Crippen LogP contribution in [0.2, 0.25) is 0 Å². The van der Waals surface area contributed by atoms with E-state index in [0.29, 0.717) is 37.2 Å². The number of anilines is 1. The van der Waals surface area contributed by atoms with Crippen LogP contribution in [0.4, 0.5) is 5.69 Å². The van der Waals surface area contributed by atoms with E-state index in [9.17, 15) is 24.0 Å². The molecule has 0 aliphatic carbocycles. The number of benzene rings is 4. The first-order chi connectivity index (χ1) is 23.0. The number of ether oxygens (including phenoxy) is 2. The van der Waals surface area contributed by atoms with E-state index in [1.165, 1.54) is 53.9 Å². The van der Waals surface area contributed by atoms with Gasteiger partial charge < -0.3 is 19.7 Å². The fraction of sp³-hybridized carbons (Fsp3) is 0.256. The minimum absolute atomic E-state index is 0.0359. The first-order valence-corrected chi connectivity index (χ1v) is 15.7. The van der Waals surface area contributed by atoms with Crippen LogP contribution in [0.5, 0.6) is 11.5 Å². The summed E-state index contributed by atoms with van der Waals surface area (Å²) in [4.78, 5) is 64.0. The molecule has 0 spiro atoms. The van der Waals surface area contributed by atoms with E-state index >= 15 is 0 Å². The van der Waals surface area contributed by atoms with Crippen LogP contribution in [0.25, 0.3) is 0 Å². The van der Waals surface area contributed by atoms with Crippen molar-refractivity contribution in [3.63, 3.8) is 0 Å². The van der Waals surface area contributed by atoms with Crippen LogP contribution in [0, 0.1) is 0 Å². The van der Waals surface area contributed by atoms with Gasteiger partial charge in [-0.2, -0.15) is 0 Å². The first kappa shape index (κ1) is 35.3. The molecule has 0 fully saturated rings. The Kier molecular flexibility index (Phi) is 11.6.